The number of rotatable bonds is 2. The predicted molar refractivity (Wildman–Crippen MR) is 93.2 cm³/mol. The molecule has 0 N–H and O–H groups in total. The summed E-state index contributed by atoms with van der Waals surface area (Å²) in [7, 11) is 0. The van der Waals surface area contributed by atoms with Crippen LogP contribution in [0.5, 0.6) is 0 Å². The predicted octanol–water partition coefficient (Wildman–Crippen LogP) is 3.37. The van der Waals surface area contributed by atoms with Gasteiger partial charge >= 0.3 is 6.18 Å². The molecular formula is C18H16F3N5. The van der Waals surface area contributed by atoms with Gasteiger partial charge in [-0.1, -0.05) is 6.07 Å². The molecule has 0 radical (unpaired) electrons. The summed E-state index contributed by atoms with van der Waals surface area (Å²) in [5.74, 6) is 0.834. The summed E-state index contributed by atoms with van der Waals surface area (Å²) in [6.45, 7) is 2.59. The zero-order chi connectivity index (χ0) is 18.1. The van der Waals surface area contributed by atoms with Gasteiger partial charge in [-0.15, -0.1) is 0 Å². The molecule has 0 bridgehead atoms. The highest BCUT2D eigenvalue weighted by Gasteiger charge is 2.31. The lowest BCUT2D eigenvalue weighted by molar-refractivity contribution is -0.137. The molecule has 1 aromatic carbocycles. The molecule has 3 aromatic rings. The van der Waals surface area contributed by atoms with E-state index in [4.69, 9.17) is 0 Å². The van der Waals surface area contributed by atoms with Crippen LogP contribution in [0.2, 0.25) is 0 Å². The van der Waals surface area contributed by atoms with Crippen molar-refractivity contribution in [2.45, 2.75) is 6.18 Å². The second-order valence-electron chi connectivity index (χ2n) is 6.11. The van der Waals surface area contributed by atoms with Crippen molar-refractivity contribution in [1.29, 1.82) is 0 Å². The summed E-state index contributed by atoms with van der Waals surface area (Å²) in [4.78, 5) is 16.8. The van der Waals surface area contributed by atoms with Gasteiger partial charge in [-0.2, -0.15) is 13.2 Å². The minimum Gasteiger partial charge on any atom is -0.368 e. The van der Waals surface area contributed by atoms with E-state index in [1.807, 2.05) is 11.0 Å². The number of piperazine rings is 1. The van der Waals surface area contributed by atoms with Crippen molar-refractivity contribution in [3.8, 4) is 0 Å². The van der Waals surface area contributed by atoms with Crippen LogP contribution in [-0.4, -0.2) is 41.1 Å². The third kappa shape index (κ3) is 3.14. The van der Waals surface area contributed by atoms with Crippen LogP contribution in [0.15, 0.2) is 49.1 Å². The van der Waals surface area contributed by atoms with Gasteiger partial charge in [0.25, 0.3) is 0 Å². The fraction of sp³-hybridized carbons (Fsp3) is 0.278. The summed E-state index contributed by atoms with van der Waals surface area (Å²) in [6, 6.07) is 7.36. The van der Waals surface area contributed by atoms with Crippen LogP contribution in [0.3, 0.4) is 0 Å². The Hall–Kier alpha value is -2.90. The maximum absolute atomic E-state index is 12.9. The van der Waals surface area contributed by atoms with E-state index in [1.165, 1.54) is 18.5 Å². The summed E-state index contributed by atoms with van der Waals surface area (Å²) < 4.78 is 38.8. The smallest absolute Gasteiger partial charge is 0.368 e. The first kappa shape index (κ1) is 16.6. The standard InChI is InChI=1S/C18H16F3N5/c19-18(20,21)13-2-1-3-14(10-13)25-6-8-26(9-7-25)17-15-4-5-22-11-16(15)23-12-24-17/h1-5,10-12H,6-9H2. The van der Waals surface area contributed by atoms with Crippen LogP contribution in [0, 0.1) is 0 Å². The number of benzene rings is 1. The molecule has 4 rings (SSSR count). The molecule has 1 aliphatic rings. The molecule has 0 atom stereocenters. The van der Waals surface area contributed by atoms with Crippen LogP contribution >= 0.6 is 0 Å². The van der Waals surface area contributed by atoms with Crippen LogP contribution in [-0.2, 0) is 6.18 Å². The largest absolute Gasteiger partial charge is 0.416 e. The van der Waals surface area contributed by atoms with E-state index < -0.39 is 11.7 Å². The minimum atomic E-state index is -4.33. The molecular weight excluding hydrogens is 343 g/mol. The number of halogens is 3. The lowest BCUT2D eigenvalue weighted by Gasteiger charge is -2.37. The first-order valence-corrected chi connectivity index (χ1v) is 8.24. The molecule has 8 heteroatoms. The Morgan fingerprint density at radius 1 is 0.923 bits per heavy atom. The van der Waals surface area contributed by atoms with Crippen molar-refractivity contribution < 1.29 is 13.2 Å². The highest BCUT2D eigenvalue weighted by Crippen LogP contribution is 2.32. The topological polar surface area (TPSA) is 45.2 Å². The van der Waals surface area contributed by atoms with E-state index in [-0.39, 0.29) is 0 Å². The molecule has 0 unspecified atom stereocenters. The second-order valence-corrected chi connectivity index (χ2v) is 6.11. The summed E-state index contributed by atoms with van der Waals surface area (Å²) in [6.07, 6.45) is 0.581. The van der Waals surface area contributed by atoms with Gasteiger partial charge in [0.05, 0.1) is 17.3 Å². The van der Waals surface area contributed by atoms with Gasteiger partial charge < -0.3 is 9.80 Å². The number of alkyl halides is 3. The van der Waals surface area contributed by atoms with Gasteiger partial charge in [-0.25, -0.2) is 9.97 Å². The molecule has 5 nitrogen and oxygen atoms in total. The zero-order valence-corrected chi connectivity index (χ0v) is 13.8. The van der Waals surface area contributed by atoms with Gasteiger partial charge in [0.15, 0.2) is 0 Å². The number of hydrogen-bond donors (Lipinski definition) is 0. The lowest BCUT2D eigenvalue weighted by Crippen LogP contribution is -2.47. The zero-order valence-electron chi connectivity index (χ0n) is 13.8. The summed E-state index contributed by atoms with van der Waals surface area (Å²) in [5.41, 5.74) is 0.751. The number of nitrogens with zero attached hydrogens (tertiary/aromatic N) is 5. The van der Waals surface area contributed by atoms with E-state index >= 15 is 0 Å². The van der Waals surface area contributed by atoms with E-state index in [9.17, 15) is 13.2 Å². The monoisotopic (exact) mass is 359 g/mol. The maximum atomic E-state index is 12.9. The number of hydrogen-bond acceptors (Lipinski definition) is 5. The molecule has 134 valence electrons. The first-order chi connectivity index (χ1) is 12.5. The van der Waals surface area contributed by atoms with Crippen molar-refractivity contribution in [3.05, 3.63) is 54.6 Å². The molecule has 0 amide bonds. The second kappa shape index (κ2) is 6.44. The highest BCUT2D eigenvalue weighted by molar-refractivity contribution is 5.88. The minimum absolute atomic E-state index is 0.594. The molecule has 0 aliphatic carbocycles. The summed E-state index contributed by atoms with van der Waals surface area (Å²) >= 11 is 0. The van der Waals surface area contributed by atoms with Crippen molar-refractivity contribution in [1.82, 2.24) is 15.0 Å². The van der Waals surface area contributed by atoms with Crippen LogP contribution in [0.25, 0.3) is 10.9 Å². The maximum Gasteiger partial charge on any atom is 0.416 e. The van der Waals surface area contributed by atoms with Crippen molar-refractivity contribution in [2.75, 3.05) is 36.0 Å². The van der Waals surface area contributed by atoms with E-state index in [2.05, 4.69) is 19.9 Å². The highest BCUT2D eigenvalue weighted by atomic mass is 19.4. The molecule has 3 heterocycles. The first-order valence-electron chi connectivity index (χ1n) is 8.24. The molecule has 2 aromatic heterocycles. The van der Waals surface area contributed by atoms with E-state index in [0.717, 1.165) is 22.8 Å². The average Bonchev–Trinajstić information content (AvgIpc) is 2.67. The Kier molecular flexibility index (Phi) is 4.10. The molecule has 1 aliphatic heterocycles. The number of anilines is 2. The Morgan fingerprint density at radius 2 is 1.69 bits per heavy atom. The normalized spacial score (nSPS) is 15.5. The number of aromatic nitrogens is 3. The summed E-state index contributed by atoms with van der Waals surface area (Å²) in [5, 5.41) is 0.926. The number of pyridine rings is 1. The average molecular weight is 359 g/mol. The van der Waals surface area contributed by atoms with E-state index in [0.29, 0.717) is 31.9 Å². The van der Waals surface area contributed by atoms with Crippen molar-refractivity contribution in [2.24, 2.45) is 0 Å². The Balaban J connectivity index is 1.53. The van der Waals surface area contributed by atoms with Gasteiger partial charge in [0.1, 0.15) is 12.1 Å². The fourth-order valence-corrected chi connectivity index (χ4v) is 3.20. The third-order valence-electron chi connectivity index (χ3n) is 4.54. The third-order valence-corrected chi connectivity index (χ3v) is 4.54. The fourth-order valence-electron chi connectivity index (χ4n) is 3.20. The molecule has 0 saturated carbocycles. The lowest BCUT2D eigenvalue weighted by atomic mass is 10.1. The molecule has 26 heavy (non-hydrogen) atoms. The van der Waals surface area contributed by atoms with Gasteiger partial charge in [-0.3, -0.25) is 4.98 Å². The van der Waals surface area contributed by atoms with Crippen molar-refractivity contribution >= 4 is 22.4 Å². The molecule has 0 spiro atoms. The van der Waals surface area contributed by atoms with Crippen LogP contribution in [0.4, 0.5) is 24.7 Å². The molecule has 1 fully saturated rings. The van der Waals surface area contributed by atoms with Gasteiger partial charge in [-0.05, 0) is 24.3 Å². The van der Waals surface area contributed by atoms with Gasteiger partial charge in [0, 0.05) is 43.4 Å². The Labute approximate surface area is 148 Å². The van der Waals surface area contributed by atoms with Crippen molar-refractivity contribution in [3.63, 3.8) is 0 Å². The van der Waals surface area contributed by atoms with Gasteiger partial charge in [0.2, 0.25) is 0 Å². The van der Waals surface area contributed by atoms with E-state index in [1.54, 1.807) is 18.5 Å². The Morgan fingerprint density at radius 3 is 2.46 bits per heavy atom. The SMILES string of the molecule is FC(F)(F)c1cccc(N2CCN(c3ncnc4cnccc34)CC2)c1. The number of fused-ring (bicyclic) bond motifs is 1. The quantitative estimate of drug-likeness (QED) is 0.702. The molecule has 1 saturated heterocycles. The van der Waals surface area contributed by atoms with Crippen LogP contribution < -0.4 is 9.80 Å². The van der Waals surface area contributed by atoms with Crippen LogP contribution in [0.1, 0.15) is 5.56 Å². The Bertz CT molecular complexity index is 915.